The minimum Gasteiger partial charge on any atom is -0.366 e. The van der Waals surface area contributed by atoms with E-state index in [9.17, 15) is 0 Å². The molecule has 0 aliphatic heterocycles. The van der Waals surface area contributed by atoms with Crippen molar-refractivity contribution in [2.45, 2.75) is 37.5 Å². The Morgan fingerprint density at radius 1 is 1.50 bits per heavy atom. The van der Waals surface area contributed by atoms with Crippen LogP contribution in [0.15, 0.2) is 6.20 Å². The molecule has 0 saturated heterocycles. The van der Waals surface area contributed by atoms with Crippen molar-refractivity contribution in [3.05, 3.63) is 11.2 Å². The molecule has 0 radical (unpaired) electrons. The lowest BCUT2D eigenvalue weighted by Gasteiger charge is -2.15. The van der Waals surface area contributed by atoms with Gasteiger partial charge in [0.2, 0.25) is 5.95 Å². The molecule has 0 bridgehead atoms. The van der Waals surface area contributed by atoms with E-state index in [0.29, 0.717) is 17.0 Å². The van der Waals surface area contributed by atoms with Gasteiger partial charge in [-0.25, -0.2) is 4.98 Å². The smallest absolute Gasteiger partial charge is 0.224 e. The van der Waals surface area contributed by atoms with E-state index in [1.54, 1.807) is 13.2 Å². The zero-order valence-electron chi connectivity index (χ0n) is 10.7. The van der Waals surface area contributed by atoms with Gasteiger partial charge < -0.3 is 10.6 Å². The quantitative estimate of drug-likeness (QED) is 0.870. The number of aromatic nitrogens is 2. The number of hydrogen-bond donors (Lipinski definition) is 2. The monoisotopic (exact) mass is 286 g/mol. The van der Waals surface area contributed by atoms with Crippen LogP contribution < -0.4 is 10.6 Å². The van der Waals surface area contributed by atoms with E-state index in [4.69, 9.17) is 11.6 Å². The van der Waals surface area contributed by atoms with Crippen molar-refractivity contribution in [3.8, 4) is 0 Å². The predicted octanol–water partition coefficient (Wildman–Crippen LogP) is 3.26. The molecule has 1 aliphatic rings. The van der Waals surface area contributed by atoms with Crippen LogP contribution in [0.3, 0.4) is 0 Å². The van der Waals surface area contributed by atoms with Gasteiger partial charge >= 0.3 is 0 Å². The van der Waals surface area contributed by atoms with Crippen LogP contribution in [0.1, 0.15) is 26.2 Å². The first-order valence-electron chi connectivity index (χ1n) is 6.31. The lowest BCUT2D eigenvalue weighted by Crippen LogP contribution is -2.17. The molecule has 0 aromatic carbocycles. The largest absolute Gasteiger partial charge is 0.366 e. The lowest BCUT2D eigenvalue weighted by molar-refractivity contribution is 0.751. The van der Waals surface area contributed by atoms with Gasteiger partial charge in [-0.05, 0) is 25.0 Å². The average Bonchev–Trinajstić information content (AvgIpc) is 2.80. The van der Waals surface area contributed by atoms with E-state index in [-0.39, 0.29) is 0 Å². The number of rotatable bonds is 5. The maximum absolute atomic E-state index is 6.11. The highest BCUT2D eigenvalue weighted by atomic mass is 35.5. The zero-order chi connectivity index (χ0) is 13.0. The van der Waals surface area contributed by atoms with Crippen molar-refractivity contribution >= 4 is 35.1 Å². The summed E-state index contributed by atoms with van der Waals surface area (Å²) < 4.78 is 0. The maximum Gasteiger partial charge on any atom is 0.224 e. The SMILES string of the molecule is CCSC1CCC(Nc2nc(NC)ncc2Cl)C1. The molecule has 1 aromatic rings. The minimum atomic E-state index is 0.478. The van der Waals surface area contributed by atoms with E-state index < -0.39 is 0 Å². The number of anilines is 2. The Labute approximate surface area is 117 Å². The molecule has 1 aromatic heterocycles. The van der Waals surface area contributed by atoms with Crippen LogP contribution >= 0.6 is 23.4 Å². The van der Waals surface area contributed by atoms with Gasteiger partial charge in [0.15, 0.2) is 5.82 Å². The van der Waals surface area contributed by atoms with Crippen LogP contribution in [0.4, 0.5) is 11.8 Å². The molecular weight excluding hydrogens is 268 g/mol. The topological polar surface area (TPSA) is 49.8 Å². The maximum atomic E-state index is 6.11. The predicted molar refractivity (Wildman–Crippen MR) is 79.8 cm³/mol. The van der Waals surface area contributed by atoms with Crippen molar-refractivity contribution < 1.29 is 0 Å². The van der Waals surface area contributed by atoms with E-state index in [0.717, 1.165) is 11.1 Å². The summed E-state index contributed by atoms with van der Waals surface area (Å²) in [4.78, 5) is 8.43. The van der Waals surface area contributed by atoms with Gasteiger partial charge in [-0.15, -0.1) is 0 Å². The molecule has 2 unspecified atom stereocenters. The first kappa shape index (κ1) is 13.7. The van der Waals surface area contributed by atoms with Gasteiger partial charge in [-0.2, -0.15) is 16.7 Å². The summed E-state index contributed by atoms with van der Waals surface area (Å²) in [6, 6.07) is 0.478. The Balaban J connectivity index is 1.97. The minimum absolute atomic E-state index is 0.478. The molecule has 0 spiro atoms. The molecule has 6 heteroatoms. The molecule has 100 valence electrons. The van der Waals surface area contributed by atoms with E-state index in [1.165, 1.54) is 25.0 Å². The molecule has 1 saturated carbocycles. The molecule has 18 heavy (non-hydrogen) atoms. The number of halogens is 1. The Morgan fingerprint density at radius 3 is 3.06 bits per heavy atom. The fourth-order valence-corrected chi connectivity index (χ4v) is 3.53. The second-order valence-corrected chi connectivity index (χ2v) is 6.36. The molecule has 2 rings (SSSR count). The molecular formula is C12H19ClN4S. The van der Waals surface area contributed by atoms with Crippen molar-refractivity contribution in [2.75, 3.05) is 23.4 Å². The van der Waals surface area contributed by atoms with E-state index in [1.807, 2.05) is 11.8 Å². The van der Waals surface area contributed by atoms with Gasteiger partial charge in [0.25, 0.3) is 0 Å². The van der Waals surface area contributed by atoms with Crippen LogP contribution in [-0.4, -0.2) is 34.1 Å². The summed E-state index contributed by atoms with van der Waals surface area (Å²) in [6.07, 6.45) is 5.29. The van der Waals surface area contributed by atoms with Gasteiger partial charge in [0.1, 0.15) is 5.02 Å². The van der Waals surface area contributed by atoms with E-state index in [2.05, 4.69) is 27.5 Å². The van der Waals surface area contributed by atoms with Crippen molar-refractivity contribution in [3.63, 3.8) is 0 Å². The van der Waals surface area contributed by atoms with Crippen LogP contribution in [0.2, 0.25) is 5.02 Å². The summed E-state index contributed by atoms with van der Waals surface area (Å²) in [6.45, 7) is 2.21. The molecule has 2 N–H and O–H groups in total. The molecule has 1 aliphatic carbocycles. The normalized spacial score (nSPS) is 23.1. The van der Waals surface area contributed by atoms with Gasteiger partial charge in [0.05, 0.1) is 6.20 Å². The third-order valence-corrected chi connectivity index (χ3v) is 4.60. The fourth-order valence-electron chi connectivity index (χ4n) is 2.24. The summed E-state index contributed by atoms with van der Waals surface area (Å²) in [7, 11) is 1.80. The average molecular weight is 287 g/mol. The van der Waals surface area contributed by atoms with Crippen LogP contribution in [0.5, 0.6) is 0 Å². The molecule has 2 atom stereocenters. The molecule has 1 fully saturated rings. The van der Waals surface area contributed by atoms with Crippen molar-refractivity contribution in [1.29, 1.82) is 0 Å². The number of nitrogens with one attached hydrogen (secondary N) is 2. The number of nitrogens with zero attached hydrogens (tertiary/aromatic N) is 2. The summed E-state index contributed by atoms with van der Waals surface area (Å²) >= 11 is 8.16. The van der Waals surface area contributed by atoms with Gasteiger partial charge in [0, 0.05) is 18.3 Å². The highest BCUT2D eigenvalue weighted by Crippen LogP contribution is 2.32. The van der Waals surface area contributed by atoms with Crippen LogP contribution in [0, 0.1) is 0 Å². The molecule has 0 amide bonds. The second kappa shape index (κ2) is 6.48. The van der Waals surface area contributed by atoms with Crippen LogP contribution in [0.25, 0.3) is 0 Å². The Morgan fingerprint density at radius 2 is 2.33 bits per heavy atom. The first-order valence-corrected chi connectivity index (χ1v) is 7.74. The Bertz CT molecular complexity index is 402. The van der Waals surface area contributed by atoms with E-state index >= 15 is 0 Å². The third kappa shape index (κ3) is 3.42. The van der Waals surface area contributed by atoms with Gasteiger partial charge in [-0.3, -0.25) is 0 Å². The molecule has 1 heterocycles. The highest BCUT2D eigenvalue weighted by molar-refractivity contribution is 7.99. The Hall–Kier alpha value is -0.680. The summed E-state index contributed by atoms with van der Waals surface area (Å²) in [5.41, 5.74) is 0. The van der Waals surface area contributed by atoms with Crippen molar-refractivity contribution in [2.24, 2.45) is 0 Å². The third-order valence-electron chi connectivity index (χ3n) is 3.10. The second-order valence-electron chi connectivity index (χ2n) is 4.37. The van der Waals surface area contributed by atoms with Crippen LogP contribution in [-0.2, 0) is 0 Å². The fraction of sp³-hybridized carbons (Fsp3) is 0.667. The number of thioether (sulfide) groups is 1. The zero-order valence-corrected chi connectivity index (χ0v) is 12.3. The van der Waals surface area contributed by atoms with Crippen molar-refractivity contribution in [1.82, 2.24) is 9.97 Å². The highest BCUT2D eigenvalue weighted by Gasteiger charge is 2.25. The molecule has 4 nitrogen and oxygen atoms in total. The standard InChI is InChI=1S/C12H19ClN4S/c1-3-18-9-5-4-8(6-9)16-11-10(13)7-15-12(14-2)17-11/h7-9H,3-6H2,1-2H3,(H2,14,15,16,17). The Kier molecular flexibility index (Phi) is 4.95. The van der Waals surface area contributed by atoms with Gasteiger partial charge in [-0.1, -0.05) is 18.5 Å². The summed E-state index contributed by atoms with van der Waals surface area (Å²) in [5, 5.41) is 7.72. The number of hydrogen-bond acceptors (Lipinski definition) is 5. The lowest BCUT2D eigenvalue weighted by atomic mass is 10.2. The first-order chi connectivity index (χ1) is 8.72. The summed E-state index contributed by atoms with van der Waals surface area (Å²) in [5.74, 6) is 2.53.